The first-order valence-corrected chi connectivity index (χ1v) is 6.18. The van der Waals surface area contributed by atoms with Gasteiger partial charge in [0.25, 0.3) is 0 Å². The molecule has 1 aromatic rings. The number of carbonyl (C=O) groups is 2. The zero-order valence-corrected chi connectivity index (χ0v) is 11.0. The Morgan fingerprint density at radius 3 is 2.70 bits per heavy atom. The number of nitrogens with one attached hydrogen (secondary N) is 2. The highest BCUT2D eigenvalue weighted by molar-refractivity contribution is 5.95. The molecule has 108 valence electrons. The lowest BCUT2D eigenvalue weighted by Crippen LogP contribution is -2.37. The van der Waals surface area contributed by atoms with Crippen LogP contribution in [0.2, 0.25) is 0 Å². The van der Waals surface area contributed by atoms with Crippen LogP contribution in [0.25, 0.3) is 0 Å². The minimum Gasteiger partial charge on any atom is -0.379 e. The highest BCUT2D eigenvalue weighted by Gasteiger charge is 2.31. The molecule has 1 saturated heterocycles. The summed E-state index contributed by atoms with van der Waals surface area (Å²) >= 11 is 0. The maximum absolute atomic E-state index is 13.7. The van der Waals surface area contributed by atoms with Crippen LogP contribution in [0.5, 0.6) is 0 Å². The van der Waals surface area contributed by atoms with Crippen molar-refractivity contribution in [3.05, 3.63) is 24.0 Å². The number of nitrogens with two attached hydrogens (primary N) is 1. The van der Waals surface area contributed by atoms with Gasteiger partial charge < -0.3 is 21.1 Å². The van der Waals surface area contributed by atoms with Gasteiger partial charge in [0.15, 0.2) is 0 Å². The van der Waals surface area contributed by atoms with Crippen LogP contribution in [0.1, 0.15) is 6.92 Å². The lowest BCUT2D eigenvalue weighted by molar-refractivity contribution is -0.120. The van der Waals surface area contributed by atoms with Crippen molar-refractivity contribution in [1.82, 2.24) is 0 Å². The lowest BCUT2D eigenvalue weighted by Gasteiger charge is -2.14. The smallest absolute Gasteiger partial charge is 0.231 e. The quantitative estimate of drug-likeness (QED) is 0.760. The van der Waals surface area contributed by atoms with Crippen LogP contribution in [0.15, 0.2) is 18.2 Å². The van der Waals surface area contributed by atoms with Crippen molar-refractivity contribution >= 4 is 23.2 Å². The van der Waals surface area contributed by atoms with E-state index in [2.05, 4.69) is 10.6 Å². The number of ether oxygens (including phenoxy) is 1. The van der Waals surface area contributed by atoms with E-state index >= 15 is 0 Å². The number of benzene rings is 1. The molecule has 20 heavy (non-hydrogen) atoms. The van der Waals surface area contributed by atoms with Crippen molar-refractivity contribution in [2.24, 2.45) is 11.7 Å². The fourth-order valence-electron chi connectivity index (χ4n) is 1.97. The lowest BCUT2D eigenvalue weighted by atomic mass is 10.0. The maximum Gasteiger partial charge on any atom is 0.231 e. The van der Waals surface area contributed by atoms with E-state index in [-0.39, 0.29) is 18.2 Å². The Morgan fingerprint density at radius 2 is 2.10 bits per heavy atom. The first kappa shape index (κ1) is 14.4. The van der Waals surface area contributed by atoms with Gasteiger partial charge in [0, 0.05) is 18.7 Å². The molecule has 2 unspecified atom stereocenters. The van der Waals surface area contributed by atoms with E-state index in [4.69, 9.17) is 10.5 Å². The fourth-order valence-corrected chi connectivity index (χ4v) is 1.97. The molecule has 4 N–H and O–H groups in total. The Kier molecular flexibility index (Phi) is 4.31. The first-order chi connectivity index (χ1) is 9.47. The highest BCUT2D eigenvalue weighted by atomic mass is 19.1. The summed E-state index contributed by atoms with van der Waals surface area (Å²) in [7, 11) is 0. The van der Waals surface area contributed by atoms with Crippen LogP contribution < -0.4 is 16.4 Å². The van der Waals surface area contributed by atoms with Crippen molar-refractivity contribution in [1.29, 1.82) is 0 Å². The van der Waals surface area contributed by atoms with Gasteiger partial charge in [-0.25, -0.2) is 4.39 Å². The number of anilines is 2. The van der Waals surface area contributed by atoms with Crippen LogP contribution >= 0.6 is 0 Å². The van der Waals surface area contributed by atoms with Crippen LogP contribution in [0.3, 0.4) is 0 Å². The third-order valence-electron chi connectivity index (χ3n) is 3.01. The van der Waals surface area contributed by atoms with Crippen molar-refractivity contribution in [2.45, 2.75) is 13.0 Å². The van der Waals surface area contributed by atoms with E-state index in [9.17, 15) is 14.0 Å². The Bertz CT molecular complexity index is 536. The predicted octanol–water partition coefficient (Wildman–Crippen LogP) is 0.696. The van der Waals surface area contributed by atoms with E-state index in [1.807, 2.05) is 0 Å². The van der Waals surface area contributed by atoms with E-state index in [0.717, 1.165) is 0 Å². The molecule has 0 spiro atoms. The molecule has 0 radical (unpaired) electrons. The molecule has 0 aromatic heterocycles. The standard InChI is InChI=1S/C13H16FN3O3/c1-7(18)16-8-2-3-10(14)12(4-8)17-13(19)9-5-20-6-11(9)15/h2-4,9,11H,5-6,15H2,1H3,(H,16,18)(H,17,19). The van der Waals surface area contributed by atoms with Crippen LogP contribution in [-0.2, 0) is 14.3 Å². The Morgan fingerprint density at radius 1 is 1.35 bits per heavy atom. The Balaban J connectivity index is 2.11. The molecule has 0 bridgehead atoms. The zero-order chi connectivity index (χ0) is 14.7. The van der Waals surface area contributed by atoms with Crippen molar-refractivity contribution in [3.8, 4) is 0 Å². The molecule has 1 aliphatic rings. The third-order valence-corrected chi connectivity index (χ3v) is 3.01. The van der Waals surface area contributed by atoms with E-state index in [0.29, 0.717) is 12.3 Å². The van der Waals surface area contributed by atoms with Gasteiger partial charge in [-0.3, -0.25) is 9.59 Å². The molecule has 2 amide bonds. The second-order valence-electron chi connectivity index (χ2n) is 4.67. The second-order valence-corrected chi connectivity index (χ2v) is 4.67. The molecule has 1 aromatic carbocycles. The largest absolute Gasteiger partial charge is 0.379 e. The van der Waals surface area contributed by atoms with Crippen LogP contribution in [0.4, 0.5) is 15.8 Å². The summed E-state index contributed by atoms with van der Waals surface area (Å²) in [5.74, 6) is -1.76. The summed E-state index contributed by atoms with van der Waals surface area (Å²) in [6.45, 7) is 1.88. The first-order valence-electron chi connectivity index (χ1n) is 6.18. The monoisotopic (exact) mass is 281 g/mol. The predicted molar refractivity (Wildman–Crippen MR) is 71.6 cm³/mol. The van der Waals surface area contributed by atoms with Crippen molar-refractivity contribution in [3.63, 3.8) is 0 Å². The highest BCUT2D eigenvalue weighted by Crippen LogP contribution is 2.21. The SMILES string of the molecule is CC(=O)Nc1ccc(F)c(NC(=O)C2COCC2N)c1. The van der Waals surface area contributed by atoms with E-state index < -0.39 is 23.7 Å². The number of halogens is 1. The number of rotatable bonds is 3. The Labute approximate surface area is 115 Å². The molecule has 1 heterocycles. The summed E-state index contributed by atoms with van der Waals surface area (Å²) in [6.07, 6.45) is 0. The molecule has 1 fully saturated rings. The van der Waals surface area contributed by atoms with Gasteiger partial charge in [-0.05, 0) is 18.2 Å². The molecular formula is C13H16FN3O3. The summed E-state index contributed by atoms with van der Waals surface area (Å²) in [5.41, 5.74) is 6.13. The molecule has 2 rings (SSSR count). The topological polar surface area (TPSA) is 93.5 Å². The number of amides is 2. The Hall–Kier alpha value is -1.99. The van der Waals surface area contributed by atoms with E-state index in [1.54, 1.807) is 0 Å². The number of hydrogen-bond acceptors (Lipinski definition) is 4. The molecule has 1 aliphatic heterocycles. The van der Waals surface area contributed by atoms with Gasteiger partial charge in [-0.2, -0.15) is 0 Å². The normalized spacial score (nSPS) is 21.6. The average molecular weight is 281 g/mol. The van der Waals surface area contributed by atoms with Gasteiger partial charge in [0.1, 0.15) is 5.82 Å². The zero-order valence-electron chi connectivity index (χ0n) is 11.0. The minimum atomic E-state index is -0.583. The minimum absolute atomic E-state index is 0.000324. The molecule has 0 saturated carbocycles. The van der Waals surface area contributed by atoms with Gasteiger partial charge in [-0.15, -0.1) is 0 Å². The molecule has 0 aliphatic carbocycles. The summed E-state index contributed by atoms with van der Waals surface area (Å²) in [6, 6.07) is 3.55. The fraction of sp³-hybridized carbons (Fsp3) is 0.385. The number of carbonyl (C=O) groups excluding carboxylic acids is 2. The third kappa shape index (κ3) is 3.31. The van der Waals surface area contributed by atoms with Gasteiger partial charge in [0.05, 0.1) is 24.8 Å². The molecule has 6 nitrogen and oxygen atoms in total. The van der Waals surface area contributed by atoms with Crippen LogP contribution in [0, 0.1) is 11.7 Å². The summed E-state index contributed by atoms with van der Waals surface area (Å²) in [4.78, 5) is 22.9. The van der Waals surface area contributed by atoms with E-state index in [1.165, 1.54) is 25.1 Å². The molecular weight excluding hydrogens is 265 g/mol. The second kappa shape index (κ2) is 5.98. The molecule has 2 atom stereocenters. The average Bonchev–Trinajstić information content (AvgIpc) is 2.79. The van der Waals surface area contributed by atoms with Gasteiger partial charge in [-0.1, -0.05) is 0 Å². The number of hydrogen-bond donors (Lipinski definition) is 3. The van der Waals surface area contributed by atoms with Crippen LogP contribution in [-0.4, -0.2) is 31.1 Å². The van der Waals surface area contributed by atoms with Gasteiger partial charge >= 0.3 is 0 Å². The van der Waals surface area contributed by atoms with Crippen molar-refractivity contribution < 1.29 is 18.7 Å². The van der Waals surface area contributed by atoms with Gasteiger partial charge in [0.2, 0.25) is 11.8 Å². The van der Waals surface area contributed by atoms with Crippen molar-refractivity contribution in [2.75, 3.05) is 23.8 Å². The molecule has 7 heteroatoms. The summed E-state index contributed by atoms with van der Waals surface area (Å²) in [5, 5.41) is 4.99. The maximum atomic E-state index is 13.7. The summed E-state index contributed by atoms with van der Waals surface area (Å²) < 4.78 is 18.8.